The molecule has 0 aliphatic carbocycles. The molecule has 0 heterocycles. The Hall–Kier alpha value is -3.08. The number of aromatic hydroxyl groups is 1. The van der Waals surface area contributed by atoms with Gasteiger partial charge in [-0.15, -0.1) is 0 Å². The van der Waals surface area contributed by atoms with Crippen molar-refractivity contribution in [2.75, 3.05) is 0 Å². The van der Waals surface area contributed by atoms with Crippen LogP contribution < -0.4 is 0 Å². The first-order valence-electron chi connectivity index (χ1n) is 6.06. The van der Waals surface area contributed by atoms with Crippen LogP contribution in [0.5, 0.6) is 5.75 Å². The highest BCUT2D eigenvalue weighted by molar-refractivity contribution is 6.21. The zero-order valence-corrected chi connectivity index (χ0v) is 10.9. The van der Waals surface area contributed by atoms with E-state index in [2.05, 4.69) is 0 Å². The molecule has 0 amide bonds. The van der Waals surface area contributed by atoms with Crippen molar-refractivity contribution in [1.82, 2.24) is 0 Å². The summed E-state index contributed by atoms with van der Waals surface area (Å²) in [6.07, 6.45) is 1.30. The molecule has 3 N–H and O–H groups in total. The summed E-state index contributed by atoms with van der Waals surface area (Å²) < 4.78 is 0. The van der Waals surface area contributed by atoms with Crippen molar-refractivity contribution in [3.05, 3.63) is 65.2 Å². The Morgan fingerprint density at radius 1 is 0.905 bits per heavy atom. The van der Waals surface area contributed by atoms with Crippen LogP contribution in [0.4, 0.5) is 0 Å². The van der Waals surface area contributed by atoms with Crippen molar-refractivity contribution in [3.63, 3.8) is 0 Å². The molecule has 0 aliphatic heterocycles. The molecule has 0 atom stereocenters. The van der Waals surface area contributed by atoms with E-state index in [1.807, 2.05) is 0 Å². The van der Waals surface area contributed by atoms with Crippen molar-refractivity contribution >= 4 is 23.6 Å². The Labute approximate surface area is 120 Å². The van der Waals surface area contributed by atoms with Gasteiger partial charge in [0.2, 0.25) is 0 Å². The third kappa shape index (κ3) is 3.27. The van der Waals surface area contributed by atoms with Crippen molar-refractivity contribution in [2.45, 2.75) is 0 Å². The smallest absolute Gasteiger partial charge is 0.336 e. The molecule has 5 nitrogen and oxygen atoms in total. The van der Waals surface area contributed by atoms with E-state index >= 15 is 0 Å². The van der Waals surface area contributed by atoms with E-state index in [1.165, 1.54) is 42.5 Å². The molecule has 5 heteroatoms. The second-order valence-corrected chi connectivity index (χ2v) is 4.30. The number of benzene rings is 2. The second-order valence-electron chi connectivity index (χ2n) is 4.30. The van der Waals surface area contributed by atoms with Gasteiger partial charge in [-0.25, -0.2) is 9.59 Å². The van der Waals surface area contributed by atoms with Gasteiger partial charge in [-0.2, -0.15) is 0 Å². The molecule has 0 fully saturated rings. The maximum atomic E-state index is 11.4. The molecular weight excluding hydrogens is 272 g/mol. The van der Waals surface area contributed by atoms with E-state index in [-0.39, 0.29) is 16.9 Å². The average molecular weight is 284 g/mol. The zero-order valence-electron chi connectivity index (χ0n) is 10.9. The molecule has 2 rings (SSSR count). The van der Waals surface area contributed by atoms with Gasteiger partial charge in [0.05, 0.1) is 11.1 Å². The minimum Gasteiger partial charge on any atom is -0.508 e. The summed E-state index contributed by atoms with van der Waals surface area (Å²) in [5, 5.41) is 27.7. The molecule has 0 aromatic heterocycles. The lowest BCUT2D eigenvalue weighted by molar-refractivity contribution is -0.130. The Balaban J connectivity index is 2.56. The second kappa shape index (κ2) is 5.92. The minimum absolute atomic E-state index is 0.0226. The summed E-state index contributed by atoms with van der Waals surface area (Å²) >= 11 is 0. The Morgan fingerprint density at radius 2 is 1.52 bits per heavy atom. The van der Waals surface area contributed by atoms with Crippen LogP contribution in [-0.2, 0) is 4.79 Å². The van der Waals surface area contributed by atoms with Gasteiger partial charge in [0.1, 0.15) is 5.75 Å². The molecule has 106 valence electrons. The predicted molar refractivity (Wildman–Crippen MR) is 77.0 cm³/mol. The summed E-state index contributed by atoms with van der Waals surface area (Å²) in [5.41, 5.74) is 0.648. The lowest BCUT2D eigenvalue weighted by atomic mass is 10.00. The summed E-state index contributed by atoms with van der Waals surface area (Å²) in [6.45, 7) is 0. The van der Waals surface area contributed by atoms with E-state index in [4.69, 9.17) is 5.11 Å². The molecule has 2 aromatic carbocycles. The standard InChI is InChI=1S/C16H12O5/c17-12-7-5-10(6-8-12)14(16(20)21)9-11-3-1-2-4-13(11)15(18)19/h1-9,17H,(H,18,19)(H,20,21)/b14-9-. The normalized spacial score (nSPS) is 11.1. The highest BCUT2D eigenvalue weighted by Gasteiger charge is 2.13. The van der Waals surface area contributed by atoms with Crippen molar-refractivity contribution < 1.29 is 24.9 Å². The van der Waals surface area contributed by atoms with Crippen LogP contribution in [0.2, 0.25) is 0 Å². The monoisotopic (exact) mass is 284 g/mol. The molecule has 0 bridgehead atoms. The third-order valence-electron chi connectivity index (χ3n) is 2.90. The van der Waals surface area contributed by atoms with Crippen LogP contribution in [0.15, 0.2) is 48.5 Å². The van der Waals surface area contributed by atoms with Crippen LogP contribution in [-0.4, -0.2) is 27.3 Å². The number of aliphatic carboxylic acids is 1. The number of phenols is 1. The van der Waals surface area contributed by atoms with E-state index < -0.39 is 11.9 Å². The van der Waals surface area contributed by atoms with Gasteiger partial charge in [0, 0.05) is 0 Å². The number of rotatable bonds is 4. The number of hydrogen-bond donors (Lipinski definition) is 3. The van der Waals surface area contributed by atoms with Crippen LogP contribution >= 0.6 is 0 Å². The number of phenolic OH excluding ortho intramolecular Hbond substituents is 1. The van der Waals surface area contributed by atoms with Gasteiger partial charge in [-0.1, -0.05) is 30.3 Å². The minimum atomic E-state index is -1.18. The van der Waals surface area contributed by atoms with Gasteiger partial charge in [0.25, 0.3) is 0 Å². The summed E-state index contributed by atoms with van der Waals surface area (Å²) in [5.74, 6) is -2.28. The number of carbonyl (C=O) groups is 2. The van der Waals surface area contributed by atoms with Gasteiger partial charge >= 0.3 is 11.9 Å². The fourth-order valence-electron chi connectivity index (χ4n) is 1.88. The first-order valence-corrected chi connectivity index (χ1v) is 6.06. The van der Waals surface area contributed by atoms with E-state index in [9.17, 15) is 19.8 Å². The topological polar surface area (TPSA) is 94.8 Å². The predicted octanol–water partition coefficient (Wildman–Crippen LogP) is 2.72. The molecule has 0 radical (unpaired) electrons. The van der Waals surface area contributed by atoms with Gasteiger partial charge < -0.3 is 15.3 Å². The third-order valence-corrected chi connectivity index (χ3v) is 2.90. The van der Waals surface area contributed by atoms with Crippen molar-refractivity contribution in [3.8, 4) is 5.75 Å². The maximum Gasteiger partial charge on any atom is 0.336 e. The summed E-state index contributed by atoms with van der Waals surface area (Å²) in [6, 6.07) is 11.8. The Bertz CT molecular complexity index is 714. The fourth-order valence-corrected chi connectivity index (χ4v) is 1.88. The fraction of sp³-hybridized carbons (Fsp3) is 0. The molecule has 21 heavy (non-hydrogen) atoms. The number of carboxylic acid groups (broad SMARTS) is 2. The Morgan fingerprint density at radius 3 is 2.10 bits per heavy atom. The van der Waals surface area contributed by atoms with Crippen molar-refractivity contribution in [1.29, 1.82) is 0 Å². The number of carboxylic acids is 2. The van der Waals surface area contributed by atoms with Crippen molar-refractivity contribution in [2.24, 2.45) is 0 Å². The number of aromatic carboxylic acids is 1. The summed E-state index contributed by atoms with van der Waals surface area (Å²) in [4.78, 5) is 22.5. The van der Waals surface area contributed by atoms with Crippen LogP contribution in [0.25, 0.3) is 11.6 Å². The van der Waals surface area contributed by atoms with E-state index in [0.29, 0.717) is 11.1 Å². The quantitative estimate of drug-likeness (QED) is 0.592. The van der Waals surface area contributed by atoms with Crippen LogP contribution in [0, 0.1) is 0 Å². The molecular formula is C16H12O5. The molecule has 0 saturated heterocycles. The molecule has 0 unspecified atom stereocenters. The van der Waals surface area contributed by atoms with Gasteiger partial charge in [-0.3, -0.25) is 0 Å². The lowest BCUT2D eigenvalue weighted by Crippen LogP contribution is -2.02. The largest absolute Gasteiger partial charge is 0.508 e. The molecule has 0 spiro atoms. The first-order chi connectivity index (χ1) is 9.99. The number of hydrogen-bond acceptors (Lipinski definition) is 3. The van der Waals surface area contributed by atoms with E-state index in [0.717, 1.165) is 0 Å². The van der Waals surface area contributed by atoms with E-state index in [1.54, 1.807) is 12.1 Å². The SMILES string of the molecule is O=C(O)/C(=C\c1ccccc1C(=O)O)c1ccc(O)cc1. The Kier molecular flexibility index (Phi) is 4.04. The average Bonchev–Trinajstić information content (AvgIpc) is 2.46. The van der Waals surface area contributed by atoms with Gasteiger partial charge in [-0.05, 0) is 35.4 Å². The lowest BCUT2D eigenvalue weighted by Gasteiger charge is -2.05. The summed E-state index contributed by atoms with van der Waals surface area (Å²) in [7, 11) is 0. The highest BCUT2D eigenvalue weighted by atomic mass is 16.4. The molecule has 0 aliphatic rings. The van der Waals surface area contributed by atoms with Crippen LogP contribution in [0.1, 0.15) is 21.5 Å². The first kappa shape index (κ1) is 14.3. The van der Waals surface area contributed by atoms with Crippen LogP contribution in [0.3, 0.4) is 0 Å². The maximum absolute atomic E-state index is 11.4. The molecule has 2 aromatic rings. The molecule has 0 saturated carbocycles. The zero-order chi connectivity index (χ0) is 15.4. The van der Waals surface area contributed by atoms with Gasteiger partial charge in [0.15, 0.2) is 0 Å². The highest BCUT2D eigenvalue weighted by Crippen LogP contribution is 2.22.